The number of aromatic amines is 2. The predicted octanol–water partition coefficient (Wildman–Crippen LogP) is 2.45. The van der Waals surface area contributed by atoms with Gasteiger partial charge in [-0.15, -0.1) is 0 Å². The highest BCUT2D eigenvalue weighted by atomic mass is 32.1. The van der Waals surface area contributed by atoms with E-state index in [4.69, 9.17) is 0 Å². The van der Waals surface area contributed by atoms with Gasteiger partial charge in [0.25, 0.3) is 0 Å². The molecule has 1 aromatic carbocycles. The van der Waals surface area contributed by atoms with Gasteiger partial charge >= 0.3 is 11.1 Å². The average Bonchev–Trinajstić information content (AvgIpc) is 2.94. The fraction of sp³-hybridized carbons (Fsp3) is 0.143. The molecule has 0 radical (unpaired) electrons. The van der Waals surface area contributed by atoms with E-state index in [1.54, 1.807) is 17.4 Å². The molecule has 2 aromatic heterocycles. The highest BCUT2D eigenvalue weighted by Gasteiger charge is 2.06. The Morgan fingerprint density at radius 3 is 2.55 bits per heavy atom. The maximum absolute atomic E-state index is 11.3. The summed E-state index contributed by atoms with van der Waals surface area (Å²) in [5.41, 5.74) is 2.05. The minimum Gasteiger partial charge on any atom is -0.378 e. The van der Waals surface area contributed by atoms with Gasteiger partial charge in [0.1, 0.15) is 0 Å². The Labute approximate surface area is 118 Å². The molecule has 2 heterocycles. The Hall–Kier alpha value is -2.34. The second-order valence-corrected chi connectivity index (χ2v) is 5.37. The van der Waals surface area contributed by atoms with Crippen LogP contribution in [0.3, 0.4) is 0 Å². The molecule has 0 fully saturated rings. The number of thiophene rings is 1. The van der Waals surface area contributed by atoms with E-state index in [9.17, 15) is 9.59 Å². The van der Waals surface area contributed by atoms with E-state index < -0.39 is 11.1 Å². The Kier molecular flexibility index (Phi) is 3.15. The first-order chi connectivity index (χ1) is 9.63. The minimum absolute atomic E-state index is 0.174. The Morgan fingerprint density at radius 1 is 1.10 bits per heavy atom. The van der Waals surface area contributed by atoms with Crippen molar-refractivity contribution in [2.24, 2.45) is 0 Å². The zero-order chi connectivity index (χ0) is 14.1. The van der Waals surface area contributed by atoms with Crippen LogP contribution in [-0.4, -0.2) is 9.97 Å². The number of fused-ring (bicyclic) bond motifs is 1. The van der Waals surface area contributed by atoms with Gasteiger partial charge in [-0.1, -0.05) is 0 Å². The molecule has 1 atom stereocenters. The minimum atomic E-state index is -0.638. The molecule has 5 nitrogen and oxygen atoms in total. The number of hydrogen-bond donors (Lipinski definition) is 3. The average molecular weight is 287 g/mol. The lowest BCUT2D eigenvalue weighted by atomic mass is 10.1. The van der Waals surface area contributed by atoms with Crippen LogP contribution in [0.25, 0.3) is 11.0 Å². The van der Waals surface area contributed by atoms with Crippen LogP contribution in [-0.2, 0) is 0 Å². The van der Waals surface area contributed by atoms with Gasteiger partial charge in [0, 0.05) is 11.7 Å². The topological polar surface area (TPSA) is 77.8 Å². The van der Waals surface area contributed by atoms with Crippen molar-refractivity contribution in [3.63, 3.8) is 0 Å². The van der Waals surface area contributed by atoms with Gasteiger partial charge in [-0.3, -0.25) is 9.59 Å². The molecule has 1 unspecified atom stereocenters. The number of benzene rings is 1. The summed E-state index contributed by atoms with van der Waals surface area (Å²) < 4.78 is 0. The van der Waals surface area contributed by atoms with Crippen molar-refractivity contribution in [3.05, 3.63) is 61.3 Å². The number of hydrogen-bond acceptors (Lipinski definition) is 4. The summed E-state index contributed by atoms with van der Waals surface area (Å²) >= 11 is 1.66. The molecule has 0 spiro atoms. The first-order valence-corrected chi connectivity index (χ1v) is 7.13. The Morgan fingerprint density at radius 2 is 1.85 bits per heavy atom. The fourth-order valence-electron chi connectivity index (χ4n) is 2.06. The number of rotatable bonds is 3. The highest BCUT2D eigenvalue weighted by Crippen LogP contribution is 2.22. The second kappa shape index (κ2) is 4.97. The van der Waals surface area contributed by atoms with Crippen molar-refractivity contribution in [3.8, 4) is 0 Å². The first kappa shape index (κ1) is 12.7. The van der Waals surface area contributed by atoms with Crippen LogP contribution in [0.2, 0.25) is 0 Å². The van der Waals surface area contributed by atoms with E-state index in [0.29, 0.717) is 11.0 Å². The largest absolute Gasteiger partial charge is 0.378 e. The normalized spacial score (nSPS) is 12.4. The zero-order valence-corrected chi connectivity index (χ0v) is 11.6. The lowest BCUT2D eigenvalue weighted by Gasteiger charge is -2.14. The second-order valence-electron chi connectivity index (χ2n) is 4.59. The summed E-state index contributed by atoms with van der Waals surface area (Å²) in [6.45, 7) is 2.07. The van der Waals surface area contributed by atoms with Crippen LogP contribution in [0.5, 0.6) is 0 Å². The molecular formula is C14H13N3O2S. The lowest BCUT2D eigenvalue weighted by Crippen LogP contribution is -2.28. The monoisotopic (exact) mass is 287 g/mol. The number of aromatic nitrogens is 2. The SMILES string of the molecule is CC(Nc1ccc2[nH]c(=O)c(=O)[nH]c2c1)c1ccsc1. The summed E-state index contributed by atoms with van der Waals surface area (Å²) in [7, 11) is 0. The molecule has 102 valence electrons. The molecule has 0 aliphatic heterocycles. The quantitative estimate of drug-likeness (QED) is 0.647. The molecule has 3 aromatic rings. The molecule has 0 bridgehead atoms. The van der Waals surface area contributed by atoms with Crippen LogP contribution in [0, 0.1) is 0 Å². The van der Waals surface area contributed by atoms with Gasteiger partial charge < -0.3 is 15.3 Å². The maximum Gasteiger partial charge on any atom is 0.314 e. The number of anilines is 1. The van der Waals surface area contributed by atoms with E-state index >= 15 is 0 Å². The molecule has 0 aliphatic carbocycles. The molecule has 20 heavy (non-hydrogen) atoms. The molecule has 6 heteroatoms. The summed E-state index contributed by atoms with van der Waals surface area (Å²) in [5.74, 6) is 0. The summed E-state index contributed by atoms with van der Waals surface area (Å²) in [4.78, 5) is 27.7. The van der Waals surface area contributed by atoms with Crippen molar-refractivity contribution in [1.29, 1.82) is 0 Å². The summed E-state index contributed by atoms with van der Waals surface area (Å²) in [6, 6.07) is 7.71. The fourth-order valence-corrected chi connectivity index (χ4v) is 2.81. The standard InChI is InChI=1S/C14H13N3O2S/c1-8(9-4-5-20-7-9)15-10-2-3-11-12(6-10)17-14(19)13(18)16-11/h2-8,15H,1H3,(H,16,18)(H,17,19). The molecule has 0 aliphatic rings. The summed E-state index contributed by atoms with van der Waals surface area (Å²) in [5, 5.41) is 7.50. The first-order valence-electron chi connectivity index (χ1n) is 6.18. The molecule has 0 saturated heterocycles. The van der Waals surface area contributed by atoms with E-state index in [1.807, 2.05) is 17.5 Å². The van der Waals surface area contributed by atoms with Crippen LogP contribution in [0.15, 0.2) is 44.6 Å². The number of H-pyrrole nitrogens is 2. The molecule has 0 amide bonds. The Balaban J connectivity index is 1.95. The smallest absolute Gasteiger partial charge is 0.314 e. The van der Waals surface area contributed by atoms with Crippen LogP contribution < -0.4 is 16.4 Å². The van der Waals surface area contributed by atoms with E-state index in [0.717, 1.165) is 5.69 Å². The van der Waals surface area contributed by atoms with E-state index in [1.165, 1.54) is 5.56 Å². The third-order valence-electron chi connectivity index (χ3n) is 3.15. The summed E-state index contributed by atoms with van der Waals surface area (Å²) in [6.07, 6.45) is 0. The third kappa shape index (κ3) is 2.37. The molecule has 3 N–H and O–H groups in total. The van der Waals surface area contributed by atoms with Crippen LogP contribution in [0.1, 0.15) is 18.5 Å². The van der Waals surface area contributed by atoms with Gasteiger partial charge in [-0.25, -0.2) is 0 Å². The van der Waals surface area contributed by atoms with Crippen molar-refractivity contribution >= 4 is 28.1 Å². The predicted molar refractivity (Wildman–Crippen MR) is 81.5 cm³/mol. The zero-order valence-electron chi connectivity index (χ0n) is 10.8. The van der Waals surface area contributed by atoms with Gasteiger partial charge in [-0.2, -0.15) is 11.3 Å². The van der Waals surface area contributed by atoms with Gasteiger partial charge in [-0.05, 0) is 47.5 Å². The molecule has 0 saturated carbocycles. The Bertz CT molecular complexity index is 849. The van der Waals surface area contributed by atoms with Crippen LogP contribution in [0.4, 0.5) is 5.69 Å². The van der Waals surface area contributed by atoms with Crippen molar-refractivity contribution in [1.82, 2.24) is 9.97 Å². The third-order valence-corrected chi connectivity index (χ3v) is 3.85. The molecule has 3 rings (SSSR count). The van der Waals surface area contributed by atoms with Crippen molar-refractivity contribution in [2.45, 2.75) is 13.0 Å². The molecular weight excluding hydrogens is 274 g/mol. The van der Waals surface area contributed by atoms with E-state index in [-0.39, 0.29) is 6.04 Å². The maximum atomic E-state index is 11.3. The van der Waals surface area contributed by atoms with Gasteiger partial charge in [0.15, 0.2) is 0 Å². The highest BCUT2D eigenvalue weighted by molar-refractivity contribution is 7.07. The van der Waals surface area contributed by atoms with E-state index in [2.05, 4.69) is 33.7 Å². The van der Waals surface area contributed by atoms with Crippen LogP contribution >= 0.6 is 11.3 Å². The van der Waals surface area contributed by atoms with Gasteiger partial charge in [0.05, 0.1) is 11.0 Å². The van der Waals surface area contributed by atoms with Gasteiger partial charge in [0.2, 0.25) is 0 Å². The van der Waals surface area contributed by atoms with Crippen molar-refractivity contribution < 1.29 is 0 Å². The number of nitrogens with one attached hydrogen (secondary N) is 3. The lowest BCUT2D eigenvalue weighted by molar-refractivity contribution is 0.891. The van der Waals surface area contributed by atoms with Crippen molar-refractivity contribution in [2.75, 3.05) is 5.32 Å².